The van der Waals surface area contributed by atoms with Crippen LogP contribution in [-0.4, -0.2) is 19.5 Å². The normalized spacial score (nSPS) is 14.9. The molecule has 53 heavy (non-hydrogen) atoms. The molecule has 2 heterocycles. The zero-order valence-electron chi connectivity index (χ0n) is 30.6. The number of hydrogen-bond donors (Lipinski definition) is 0. The fourth-order valence-electron chi connectivity index (χ4n) is 8.57. The van der Waals surface area contributed by atoms with E-state index in [0.717, 1.165) is 38.5 Å². The molecule has 0 N–H and O–H groups in total. The Labute approximate surface area is 309 Å². The standard InChI is InChI=1S/C49H40N4/c1-48(2)26-27-49(3,4)42-30-44-40(29-41(42)48)38-17-9-10-19-43(38)53(44)36-24-22-33(23-25-36)45-50-46(35-21-20-31-12-5-6-14-34(31)28-35)52-47(51-45)39-18-11-15-32-13-7-8-16-37(32)39/h5-25,28-30H,26-27H2,1-4H3. The summed E-state index contributed by atoms with van der Waals surface area (Å²) in [6.07, 6.45) is 2.38. The van der Waals surface area contributed by atoms with Gasteiger partial charge in [-0.25, -0.2) is 15.0 Å². The Hall–Kier alpha value is -6.13. The first-order valence-electron chi connectivity index (χ1n) is 18.7. The van der Waals surface area contributed by atoms with Crippen molar-refractivity contribution in [2.24, 2.45) is 0 Å². The van der Waals surface area contributed by atoms with Crippen LogP contribution in [0.25, 0.3) is 83.2 Å². The van der Waals surface area contributed by atoms with Crippen LogP contribution in [0.15, 0.2) is 146 Å². The van der Waals surface area contributed by atoms with E-state index in [1.807, 2.05) is 0 Å². The highest BCUT2D eigenvalue weighted by molar-refractivity contribution is 6.10. The summed E-state index contributed by atoms with van der Waals surface area (Å²) in [5, 5.41) is 7.21. The highest BCUT2D eigenvalue weighted by atomic mass is 15.0. The molecule has 0 fully saturated rings. The molecule has 0 aliphatic heterocycles. The first-order valence-corrected chi connectivity index (χ1v) is 18.7. The second-order valence-electron chi connectivity index (χ2n) is 16.0. The molecule has 4 nitrogen and oxygen atoms in total. The van der Waals surface area contributed by atoms with Crippen molar-refractivity contribution in [1.82, 2.24) is 19.5 Å². The van der Waals surface area contributed by atoms with Crippen molar-refractivity contribution < 1.29 is 0 Å². The molecule has 2 aromatic heterocycles. The van der Waals surface area contributed by atoms with Crippen molar-refractivity contribution in [3.8, 4) is 39.9 Å². The third kappa shape index (κ3) is 5.15. The van der Waals surface area contributed by atoms with Gasteiger partial charge in [-0.3, -0.25) is 0 Å². The molecule has 0 saturated heterocycles. The lowest BCUT2D eigenvalue weighted by molar-refractivity contribution is 0.332. The van der Waals surface area contributed by atoms with Gasteiger partial charge in [-0.05, 0) is 105 Å². The second-order valence-corrected chi connectivity index (χ2v) is 16.0. The van der Waals surface area contributed by atoms with Crippen molar-refractivity contribution >= 4 is 43.4 Å². The van der Waals surface area contributed by atoms with E-state index in [4.69, 9.17) is 15.0 Å². The number of rotatable bonds is 4. The van der Waals surface area contributed by atoms with Gasteiger partial charge in [-0.2, -0.15) is 0 Å². The number of nitrogens with zero attached hydrogens (tertiary/aromatic N) is 4. The Morgan fingerprint density at radius 3 is 1.79 bits per heavy atom. The summed E-state index contributed by atoms with van der Waals surface area (Å²) in [4.78, 5) is 15.4. The van der Waals surface area contributed by atoms with E-state index in [9.17, 15) is 0 Å². The minimum absolute atomic E-state index is 0.118. The van der Waals surface area contributed by atoms with Gasteiger partial charge in [0.05, 0.1) is 11.0 Å². The molecular formula is C49H40N4. The monoisotopic (exact) mass is 684 g/mol. The average Bonchev–Trinajstić information content (AvgIpc) is 3.52. The van der Waals surface area contributed by atoms with Gasteiger partial charge < -0.3 is 4.57 Å². The van der Waals surface area contributed by atoms with Crippen molar-refractivity contribution in [3.63, 3.8) is 0 Å². The first-order chi connectivity index (χ1) is 25.7. The Bertz CT molecular complexity index is 2890. The van der Waals surface area contributed by atoms with Gasteiger partial charge in [0.15, 0.2) is 17.5 Å². The number of benzene rings is 7. The maximum absolute atomic E-state index is 5.15. The van der Waals surface area contributed by atoms with E-state index in [2.05, 4.69) is 178 Å². The molecule has 1 aliphatic carbocycles. The topological polar surface area (TPSA) is 43.6 Å². The molecule has 0 saturated carbocycles. The lowest BCUT2D eigenvalue weighted by atomic mass is 9.63. The molecule has 1 aliphatic rings. The van der Waals surface area contributed by atoms with Crippen LogP contribution in [0.4, 0.5) is 0 Å². The molecule has 256 valence electrons. The van der Waals surface area contributed by atoms with Crippen molar-refractivity contribution in [1.29, 1.82) is 0 Å². The fraction of sp³-hybridized carbons (Fsp3) is 0.163. The molecule has 9 aromatic rings. The smallest absolute Gasteiger partial charge is 0.164 e. The van der Waals surface area contributed by atoms with Crippen LogP contribution in [0.1, 0.15) is 51.7 Å². The van der Waals surface area contributed by atoms with Crippen molar-refractivity contribution in [2.75, 3.05) is 0 Å². The van der Waals surface area contributed by atoms with E-state index < -0.39 is 0 Å². The molecule has 0 amide bonds. The summed E-state index contributed by atoms with van der Waals surface area (Å²) >= 11 is 0. The van der Waals surface area contributed by atoms with Crippen molar-refractivity contribution in [2.45, 2.75) is 51.4 Å². The van der Waals surface area contributed by atoms with Crippen LogP contribution in [0.5, 0.6) is 0 Å². The highest BCUT2D eigenvalue weighted by Crippen LogP contribution is 2.48. The van der Waals surface area contributed by atoms with Crippen molar-refractivity contribution in [3.05, 3.63) is 157 Å². The summed E-state index contributed by atoms with van der Waals surface area (Å²) in [5.74, 6) is 1.97. The van der Waals surface area contributed by atoms with Gasteiger partial charge in [-0.15, -0.1) is 0 Å². The predicted octanol–water partition coefficient (Wildman–Crippen LogP) is 12.6. The lowest BCUT2D eigenvalue weighted by Gasteiger charge is -2.42. The predicted molar refractivity (Wildman–Crippen MR) is 221 cm³/mol. The number of fused-ring (bicyclic) bond motifs is 6. The number of para-hydroxylation sites is 1. The Kier molecular flexibility index (Phi) is 6.97. The molecule has 7 aromatic carbocycles. The summed E-state index contributed by atoms with van der Waals surface area (Å²) in [5.41, 5.74) is 9.69. The zero-order chi connectivity index (χ0) is 35.9. The molecule has 10 rings (SSSR count). The third-order valence-electron chi connectivity index (χ3n) is 11.7. The maximum Gasteiger partial charge on any atom is 0.164 e. The molecule has 4 heteroatoms. The Morgan fingerprint density at radius 1 is 0.434 bits per heavy atom. The van der Waals surface area contributed by atoms with E-state index >= 15 is 0 Å². The zero-order valence-corrected chi connectivity index (χ0v) is 30.6. The number of hydrogen-bond acceptors (Lipinski definition) is 3. The second kappa shape index (κ2) is 11.7. The van der Waals surface area contributed by atoms with Gasteiger partial charge in [0.25, 0.3) is 0 Å². The summed E-state index contributed by atoms with van der Waals surface area (Å²) < 4.78 is 2.43. The van der Waals surface area contributed by atoms with Crippen LogP contribution >= 0.6 is 0 Å². The van der Waals surface area contributed by atoms with Gasteiger partial charge in [0.2, 0.25) is 0 Å². The molecule has 0 spiro atoms. The van der Waals surface area contributed by atoms with Gasteiger partial charge in [0.1, 0.15) is 0 Å². The molecular weight excluding hydrogens is 645 g/mol. The van der Waals surface area contributed by atoms with E-state index in [0.29, 0.717) is 17.5 Å². The number of aromatic nitrogens is 4. The lowest BCUT2D eigenvalue weighted by Crippen LogP contribution is -2.33. The minimum Gasteiger partial charge on any atom is -0.309 e. The third-order valence-corrected chi connectivity index (χ3v) is 11.7. The Balaban J connectivity index is 1.14. The fourth-order valence-corrected chi connectivity index (χ4v) is 8.57. The average molecular weight is 685 g/mol. The van der Waals surface area contributed by atoms with E-state index in [1.54, 1.807) is 0 Å². The summed E-state index contributed by atoms with van der Waals surface area (Å²) in [6, 6.07) is 52.1. The SMILES string of the molecule is CC1(C)CCC(C)(C)c2cc3c(cc21)c1ccccc1n3-c1ccc(-c2nc(-c3ccc4ccccc4c3)nc(-c3cccc4ccccc34)n2)cc1. The quantitative estimate of drug-likeness (QED) is 0.185. The van der Waals surface area contributed by atoms with Gasteiger partial charge in [-0.1, -0.05) is 125 Å². The molecule has 0 bridgehead atoms. The van der Waals surface area contributed by atoms with E-state index in [1.165, 1.54) is 51.2 Å². The Morgan fingerprint density at radius 2 is 1.02 bits per heavy atom. The van der Waals surface area contributed by atoms with Crippen LogP contribution in [0.2, 0.25) is 0 Å². The first kappa shape index (κ1) is 31.6. The minimum atomic E-state index is 0.118. The summed E-state index contributed by atoms with van der Waals surface area (Å²) in [7, 11) is 0. The summed E-state index contributed by atoms with van der Waals surface area (Å²) in [6.45, 7) is 9.62. The van der Waals surface area contributed by atoms with Gasteiger partial charge in [0, 0.05) is 33.2 Å². The highest BCUT2D eigenvalue weighted by Gasteiger charge is 2.37. The maximum atomic E-state index is 5.15. The van der Waals surface area contributed by atoms with Crippen LogP contribution in [0, 0.1) is 0 Å². The van der Waals surface area contributed by atoms with Crippen LogP contribution in [-0.2, 0) is 10.8 Å². The molecule has 0 radical (unpaired) electrons. The van der Waals surface area contributed by atoms with Crippen LogP contribution < -0.4 is 0 Å². The van der Waals surface area contributed by atoms with Gasteiger partial charge >= 0.3 is 0 Å². The molecule has 0 atom stereocenters. The van der Waals surface area contributed by atoms with E-state index in [-0.39, 0.29) is 10.8 Å². The van der Waals surface area contributed by atoms with Crippen LogP contribution in [0.3, 0.4) is 0 Å². The molecule has 0 unspecified atom stereocenters. The largest absolute Gasteiger partial charge is 0.309 e.